The second-order valence-corrected chi connectivity index (χ2v) is 6.65. The number of ether oxygens (including phenoxy) is 2. The number of para-hydroxylation sites is 1. The molecule has 2 amide bonds. The largest absolute Gasteiger partial charge is 0.444 e. The number of fused-ring (bicyclic) bond motifs is 2. The summed E-state index contributed by atoms with van der Waals surface area (Å²) in [4.78, 5) is 36.3. The lowest BCUT2D eigenvalue weighted by atomic mass is 9.91. The van der Waals surface area contributed by atoms with E-state index in [1.165, 1.54) is 0 Å². The maximum absolute atomic E-state index is 12.3. The normalized spacial score (nSPS) is 25.8. The monoisotopic (exact) mass is 318 g/mol. The van der Waals surface area contributed by atoms with Gasteiger partial charge in [0.05, 0.1) is 0 Å². The smallest absolute Gasteiger partial charge is 0.408 e. The zero-order valence-corrected chi connectivity index (χ0v) is 13.1. The molecular formula is C16H18N2O5. The van der Waals surface area contributed by atoms with Crippen LogP contribution in [0.1, 0.15) is 32.8 Å². The van der Waals surface area contributed by atoms with Gasteiger partial charge in [0.2, 0.25) is 5.60 Å². The lowest BCUT2D eigenvalue weighted by Crippen LogP contribution is -2.42. The molecule has 0 aromatic heterocycles. The summed E-state index contributed by atoms with van der Waals surface area (Å²) in [5.41, 5.74) is -0.843. The number of carbonyl (C=O) groups is 3. The van der Waals surface area contributed by atoms with E-state index in [-0.39, 0.29) is 6.42 Å². The molecule has 3 rings (SSSR count). The van der Waals surface area contributed by atoms with E-state index < -0.39 is 35.2 Å². The van der Waals surface area contributed by atoms with Crippen molar-refractivity contribution in [3.8, 4) is 0 Å². The molecule has 0 saturated carbocycles. The van der Waals surface area contributed by atoms with E-state index in [9.17, 15) is 14.4 Å². The minimum absolute atomic E-state index is 0.0356. The van der Waals surface area contributed by atoms with Crippen molar-refractivity contribution in [2.24, 2.45) is 0 Å². The van der Waals surface area contributed by atoms with Crippen LogP contribution < -0.4 is 10.6 Å². The molecule has 2 aliphatic rings. The SMILES string of the molecule is CC(C)(C)OC(=O)N[C@H]1CC2(OC1=O)C(=O)Nc1ccccc12. The van der Waals surface area contributed by atoms with Gasteiger partial charge in [-0.2, -0.15) is 0 Å². The first kappa shape index (κ1) is 15.3. The molecule has 1 saturated heterocycles. The number of hydrogen-bond acceptors (Lipinski definition) is 5. The van der Waals surface area contributed by atoms with Crippen LogP contribution in [0.15, 0.2) is 24.3 Å². The van der Waals surface area contributed by atoms with Gasteiger partial charge in [0.1, 0.15) is 11.6 Å². The molecule has 2 N–H and O–H groups in total. The molecule has 2 atom stereocenters. The summed E-state index contributed by atoms with van der Waals surface area (Å²) < 4.78 is 10.5. The lowest BCUT2D eigenvalue weighted by molar-refractivity contribution is -0.156. The van der Waals surface area contributed by atoms with E-state index in [0.29, 0.717) is 11.3 Å². The third-order valence-corrected chi connectivity index (χ3v) is 3.72. The first-order valence-electron chi connectivity index (χ1n) is 7.35. The summed E-state index contributed by atoms with van der Waals surface area (Å²) in [5.74, 6) is -1.05. The zero-order chi connectivity index (χ0) is 16.8. The Morgan fingerprint density at radius 2 is 2.04 bits per heavy atom. The number of carbonyl (C=O) groups excluding carboxylic acids is 3. The molecule has 0 bridgehead atoms. The zero-order valence-electron chi connectivity index (χ0n) is 13.1. The van der Waals surface area contributed by atoms with Crippen LogP contribution in [-0.4, -0.2) is 29.6 Å². The Bertz CT molecular complexity index is 694. The number of nitrogens with one attached hydrogen (secondary N) is 2. The van der Waals surface area contributed by atoms with E-state index in [1.807, 2.05) is 0 Å². The highest BCUT2D eigenvalue weighted by molar-refractivity contribution is 6.08. The number of amides is 2. The molecular weight excluding hydrogens is 300 g/mol. The van der Waals surface area contributed by atoms with Gasteiger partial charge < -0.3 is 20.1 Å². The van der Waals surface area contributed by atoms with Crippen LogP contribution in [0.3, 0.4) is 0 Å². The van der Waals surface area contributed by atoms with Crippen LogP contribution in [0.2, 0.25) is 0 Å². The van der Waals surface area contributed by atoms with Crippen molar-refractivity contribution in [2.75, 3.05) is 5.32 Å². The number of hydrogen-bond donors (Lipinski definition) is 2. The maximum Gasteiger partial charge on any atom is 0.408 e. The lowest BCUT2D eigenvalue weighted by Gasteiger charge is -2.21. The minimum atomic E-state index is -1.38. The van der Waals surface area contributed by atoms with E-state index in [2.05, 4.69) is 10.6 Å². The van der Waals surface area contributed by atoms with Crippen molar-refractivity contribution in [2.45, 2.75) is 44.4 Å². The maximum atomic E-state index is 12.3. The van der Waals surface area contributed by atoms with Gasteiger partial charge in [-0.3, -0.25) is 4.79 Å². The standard InChI is InChI=1S/C16H18N2O5/c1-15(2,3)23-14(21)18-11-8-16(22-12(11)19)9-6-4-5-7-10(9)17-13(16)20/h4-7,11H,8H2,1-3H3,(H,17,20)(H,18,21)/t11-,16?/m0/s1. The predicted octanol–water partition coefficient (Wildman–Crippen LogP) is 1.67. The molecule has 2 aliphatic heterocycles. The van der Waals surface area contributed by atoms with Gasteiger partial charge in [-0.1, -0.05) is 18.2 Å². The van der Waals surface area contributed by atoms with E-state index in [0.717, 1.165) is 0 Å². The average Bonchev–Trinajstić information content (AvgIpc) is 2.88. The molecule has 1 aromatic rings. The fourth-order valence-electron chi connectivity index (χ4n) is 2.81. The fourth-order valence-corrected chi connectivity index (χ4v) is 2.81. The first-order valence-corrected chi connectivity index (χ1v) is 7.35. The van der Waals surface area contributed by atoms with E-state index in [4.69, 9.17) is 9.47 Å². The first-order chi connectivity index (χ1) is 10.7. The molecule has 23 heavy (non-hydrogen) atoms. The van der Waals surface area contributed by atoms with Gasteiger partial charge in [0, 0.05) is 17.7 Å². The summed E-state index contributed by atoms with van der Waals surface area (Å²) in [6.45, 7) is 5.17. The van der Waals surface area contributed by atoms with Crippen LogP contribution in [0, 0.1) is 0 Å². The molecule has 1 fully saturated rings. The van der Waals surface area contributed by atoms with Crippen LogP contribution in [-0.2, 0) is 24.7 Å². The van der Waals surface area contributed by atoms with Crippen LogP contribution in [0.4, 0.5) is 10.5 Å². The number of rotatable bonds is 1. The summed E-state index contributed by atoms with van der Waals surface area (Å²) in [6, 6.07) is 6.09. The second kappa shape index (κ2) is 4.97. The molecule has 2 heterocycles. The summed E-state index contributed by atoms with van der Waals surface area (Å²) in [7, 11) is 0. The minimum Gasteiger partial charge on any atom is -0.444 e. The third-order valence-electron chi connectivity index (χ3n) is 3.72. The van der Waals surface area contributed by atoms with Crippen LogP contribution in [0.5, 0.6) is 0 Å². The molecule has 7 nitrogen and oxygen atoms in total. The number of anilines is 1. The van der Waals surface area contributed by atoms with Gasteiger partial charge in [-0.15, -0.1) is 0 Å². The Balaban J connectivity index is 1.80. The number of benzene rings is 1. The molecule has 1 aromatic carbocycles. The number of esters is 1. The topological polar surface area (TPSA) is 93.7 Å². The Hall–Kier alpha value is -2.57. The average molecular weight is 318 g/mol. The van der Waals surface area contributed by atoms with Gasteiger partial charge >= 0.3 is 12.1 Å². The number of alkyl carbamates (subject to hydrolysis) is 1. The van der Waals surface area contributed by atoms with Gasteiger partial charge in [0.15, 0.2) is 0 Å². The van der Waals surface area contributed by atoms with Gasteiger partial charge in [-0.25, -0.2) is 9.59 Å². The van der Waals surface area contributed by atoms with Crippen molar-refractivity contribution in [3.63, 3.8) is 0 Å². The Kier molecular flexibility index (Phi) is 3.31. The molecule has 0 radical (unpaired) electrons. The summed E-state index contributed by atoms with van der Waals surface area (Å²) >= 11 is 0. The molecule has 1 unspecified atom stereocenters. The summed E-state index contributed by atoms with van der Waals surface area (Å²) in [5, 5.41) is 5.17. The van der Waals surface area contributed by atoms with E-state index in [1.54, 1.807) is 45.0 Å². The third kappa shape index (κ3) is 2.62. The van der Waals surface area contributed by atoms with E-state index >= 15 is 0 Å². The molecule has 122 valence electrons. The molecule has 0 aliphatic carbocycles. The summed E-state index contributed by atoms with van der Waals surface area (Å²) in [6.07, 6.45) is -0.684. The second-order valence-electron chi connectivity index (χ2n) is 6.65. The molecule has 7 heteroatoms. The van der Waals surface area contributed by atoms with Crippen molar-refractivity contribution < 1.29 is 23.9 Å². The Labute approximate surface area is 133 Å². The highest BCUT2D eigenvalue weighted by Gasteiger charge is 2.58. The van der Waals surface area contributed by atoms with Crippen molar-refractivity contribution in [3.05, 3.63) is 29.8 Å². The van der Waals surface area contributed by atoms with Crippen molar-refractivity contribution in [1.29, 1.82) is 0 Å². The Morgan fingerprint density at radius 1 is 1.35 bits per heavy atom. The van der Waals surface area contributed by atoms with Crippen LogP contribution in [0.25, 0.3) is 0 Å². The van der Waals surface area contributed by atoms with Gasteiger partial charge in [0.25, 0.3) is 5.91 Å². The predicted molar refractivity (Wildman–Crippen MR) is 80.6 cm³/mol. The Morgan fingerprint density at radius 3 is 2.74 bits per heavy atom. The highest BCUT2D eigenvalue weighted by atomic mass is 16.6. The quantitative estimate of drug-likeness (QED) is 0.768. The van der Waals surface area contributed by atoms with Crippen LogP contribution >= 0.6 is 0 Å². The highest BCUT2D eigenvalue weighted by Crippen LogP contribution is 2.45. The van der Waals surface area contributed by atoms with Crippen molar-refractivity contribution >= 4 is 23.7 Å². The molecule has 1 spiro atoms. The van der Waals surface area contributed by atoms with Gasteiger partial charge in [-0.05, 0) is 26.8 Å². The van der Waals surface area contributed by atoms with Crippen molar-refractivity contribution in [1.82, 2.24) is 5.32 Å². The fraction of sp³-hybridized carbons (Fsp3) is 0.438.